The molecule has 4 N–H and O–H groups in total. The first kappa shape index (κ1) is 30.4. The van der Waals surface area contributed by atoms with Crippen LogP contribution in [0.1, 0.15) is 0 Å². The largest absolute Gasteiger partial charge is 0.397 e. The second-order valence-electron chi connectivity index (χ2n) is 9.55. The number of nitrogens with zero attached hydrogens (tertiary/aromatic N) is 3. The Balaban J connectivity index is 0.000000175. The van der Waals surface area contributed by atoms with E-state index >= 15 is 0 Å². The molecule has 0 atom stereocenters. The zero-order valence-corrected chi connectivity index (χ0v) is 26.4. The van der Waals surface area contributed by atoms with Gasteiger partial charge >= 0.3 is 0 Å². The molecule has 8 nitrogen and oxygen atoms in total. The summed E-state index contributed by atoms with van der Waals surface area (Å²) in [6.07, 6.45) is 7.12. The van der Waals surface area contributed by atoms with E-state index in [0.717, 1.165) is 43.8 Å². The molecule has 4 aromatic carbocycles. The average molecular weight is 710 g/mol. The summed E-state index contributed by atoms with van der Waals surface area (Å²) in [4.78, 5) is 19.0. The van der Waals surface area contributed by atoms with E-state index in [1.807, 2.05) is 85.1 Å². The van der Waals surface area contributed by atoms with E-state index in [2.05, 4.69) is 64.6 Å². The fraction of sp³-hybridized carbons (Fsp3) is 0. The maximum atomic E-state index is 11.2. The summed E-state index contributed by atoms with van der Waals surface area (Å²) < 4.78 is 1.63. The maximum absolute atomic E-state index is 11.2. The van der Waals surface area contributed by atoms with Crippen molar-refractivity contribution in [1.29, 1.82) is 0 Å². The Morgan fingerprint density at radius 2 is 1.11 bits per heavy atom. The Labute approximate surface area is 271 Å². The minimum atomic E-state index is -0.405. The molecule has 2 aromatic heterocycles. The van der Waals surface area contributed by atoms with Crippen LogP contribution in [-0.4, -0.2) is 14.9 Å². The molecule has 0 saturated carbocycles. The number of nitro groups is 1. The molecular formula is C34H26Br2N6O2. The van der Waals surface area contributed by atoms with Crippen molar-refractivity contribution in [3.63, 3.8) is 0 Å². The first-order valence-corrected chi connectivity index (χ1v) is 15.0. The normalized spacial score (nSPS) is 10.3. The van der Waals surface area contributed by atoms with E-state index in [1.165, 1.54) is 6.07 Å². The van der Waals surface area contributed by atoms with Crippen molar-refractivity contribution in [2.45, 2.75) is 0 Å². The van der Waals surface area contributed by atoms with Crippen LogP contribution in [0.5, 0.6) is 0 Å². The number of aromatic nitrogens is 2. The fourth-order valence-electron chi connectivity index (χ4n) is 4.34. The number of hydrogen-bond acceptors (Lipinski definition) is 7. The van der Waals surface area contributed by atoms with Crippen molar-refractivity contribution in [3.8, 4) is 22.3 Å². The molecular weight excluding hydrogens is 684 g/mol. The predicted octanol–water partition coefficient (Wildman–Crippen LogP) is 10.00. The standard InChI is InChI=1S/C17H12BrN3O2.C17H14BrN3/c18-14-6-7-16(17(10-14)21(22)23)20-15-5-1-3-12(9-15)13-4-2-8-19-11-13;18-14-6-7-17(16(19)10-14)21-15-5-1-3-12(9-15)13-4-2-8-20-11-13/h1-11,20H;1-11,21H,19H2. The van der Waals surface area contributed by atoms with Crippen LogP contribution in [-0.2, 0) is 0 Å². The number of rotatable bonds is 7. The van der Waals surface area contributed by atoms with Gasteiger partial charge in [-0.15, -0.1) is 0 Å². The van der Waals surface area contributed by atoms with Gasteiger partial charge in [-0.1, -0.05) is 68.3 Å². The Morgan fingerprint density at radius 1 is 0.614 bits per heavy atom. The summed E-state index contributed by atoms with van der Waals surface area (Å²) in [6, 6.07) is 34.4. The van der Waals surface area contributed by atoms with Crippen molar-refractivity contribution in [1.82, 2.24) is 9.97 Å². The summed E-state index contributed by atoms with van der Waals surface area (Å²) in [7, 11) is 0. The summed E-state index contributed by atoms with van der Waals surface area (Å²) in [5.74, 6) is 0. The van der Waals surface area contributed by atoms with Crippen molar-refractivity contribution in [2.75, 3.05) is 16.4 Å². The van der Waals surface area contributed by atoms with Gasteiger partial charge in [-0.25, -0.2) is 0 Å². The van der Waals surface area contributed by atoms with Gasteiger partial charge in [0, 0.05) is 62.3 Å². The third-order valence-electron chi connectivity index (χ3n) is 6.44. The van der Waals surface area contributed by atoms with Crippen molar-refractivity contribution in [2.24, 2.45) is 0 Å². The highest BCUT2D eigenvalue weighted by atomic mass is 79.9. The summed E-state index contributed by atoms with van der Waals surface area (Å²) in [6.45, 7) is 0. The van der Waals surface area contributed by atoms with Crippen LogP contribution < -0.4 is 16.4 Å². The van der Waals surface area contributed by atoms with Crippen LogP contribution in [0.2, 0.25) is 0 Å². The molecule has 0 bridgehead atoms. The van der Waals surface area contributed by atoms with E-state index in [0.29, 0.717) is 15.8 Å². The molecule has 10 heteroatoms. The topological polar surface area (TPSA) is 119 Å². The molecule has 0 fully saturated rings. The zero-order chi connectivity index (χ0) is 30.9. The van der Waals surface area contributed by atoms with Crippen LogP contribution in [0.4, 0.5) is 34.1 Å². The number of benzene rings is 4. The van der Waals surface area contributed by atoms with Gasteiger partial charge in [-0.05, 0) is 77.9 Å². The number of hydrogen-bond donors (Lipinski definition) is 3. The molecule has 218 valence electrons. The number of anilines is 5. The third kappa shape index (κ3) is 8.06. The monoisotopic (exact) mass is 708 g/mol. The second kappa shape index (κ2) is 14.4. The predicted molar refractivity (Wildman–Crippen MR) is 185 cm³/mol. The summed E-state index contributed by atoms with van der Waals surface area (Å²) in [5.41, 5.74) is 14.0. The van der Waals surface area contributed by atoms with Gasteiger partial charge in [0.05, 0.1) is 16.3 Å². The number of pyridine rings is 2. The van der Waals surface area contributed by atoms with Crippen LogP contribution in [0.25, 0.3) is 22.3 Å². The van der Waals surface area contributed by atoms with Crippen LogP contribution in [0.3, 0.4) is 0 Å². The first-order valence-electron chi connectivity index (χ1n) is 13.4. The second-order valence-corrected chi connectivity index (χ2v) is 11.4. The van der Waals surface area contributed by atoms with Gasteiger partial charge in [0.1, 0.15) is 5.69 Å². The molecule has 0 saturated heterocycles. The van der Waals surface area contributed by atoms with Gasteiger partial charge in [0.25, 0.3) is 5.69 Å². The molecule has 6 rings (SSSR count). The zero-order valence-electron chi connectivity index (χ0n) is 23.2. The smallest absolute Gasteiger partial charge is 0.293 e. The lowest BCUT2D eigenvalue weighted by Crippen LogP contribution is -1.97. The van der Waals surface area contributed by atoms with Gasteiger partial charge in [0.15, 0.2) is 0 Å². The molecule has 0 aliphatic heterocycles. The lowest BCUT2D eigenvalue weighted by Gasteiger charge is -2.11. The van der Waals surface area contributed by atoms with Crippen molar-refractivity contribution < 1.29 is 4.92 Å². The van der Waals surface area contributed by atoms with E-state index in [9.17, 15) is 10.1 Å². The minimum absolute atomic E-state index is 0.0196. The number of nitro benzene ring substituents is 1. The molecule has 6 aromatic rings. The first-order chi connectivity index (χ1) is 21.4. The Kier molecular flexibility index (Phi) is 9.96. The van der Waals surface area contributed by atoms with Crippen LogP contribution in [0, 0.1) is 10.1 Å². The van der Waals surface area contributed by atoms with Crippen LogP contribution >= 0.6 is 31.9 Å². The van der Waals surface area contributed by atoms with Crippen molar-refractivity contribution in [3.05, 3.63) is 153 Å². The lowest BCUT2D eigenvalue weighted by molar-refractivity contribution is -0.384. The molecule has 0 unspecified atom stereocenters. The molecule has 0 spiro atoms. The highest BCUT2D eigenvalue weighted by Crippen LogP contribution is 2.32. The minimum Gasteiger partial charge on any atom is -0.397 e. The molecule has 0 radical (unpaired) electrons. The van der Waals surface area contributed by atoms with Crippen LogP contribution in [0.15, 0.2) is 143 Å². The highest BCUT2D eigenvalue weighted by molar-refractivity contribution is 9.10. The number of nitrogen functional groups attached to an aromatic ring is 1. The molecule has 0 aliphatic rings. The number of halogens is 2. The lowest BCUT2D eigenvalue weighted by atomic mass is 10.1. The molecule has 2 heterocycles. The Morgan fingerprint density at radius 3 is 1.61 bits per heavy atom. The Bertz CT molecular complexity index is 1890. The summed E-state index contributed by atoms with van der Waals surface area (Å²) >= 11 is 6.66. The SMILES string of the molecule is Nc1cc(Br)ccc1Nc1cccc(-c2cccnc2)c1.O=[N+]([O-])c1cc(Br)ccc1Nc1cccc(-c2cccnc2)c1. The third-order valence-corrected chi connectivity index (χ3v) is 7.43. The van der Waals surface area contributed by atoms with Gasteiger partial charge in [-0.3, -0.25) is 20.1 Å². The summed E-state index contributed by atoms with van der Waals surface area (Å²) in [5, 5.41) is 17.6. The number of nitrogens with two attached hydrogens (primary N) is 1. The van der Waals surface area contributed by atoms with Gasteiger partial charge < -0.3 is 16.4 Å². The van der Waals surface area contributed by atoms with Crippen molar-refractivity contribution >= 4 is 66.0 Å². The highest BCUT2D eigenvalue weighted by Gasteiger charge is 2.14. The van der Waals surface area contributed by atoms with E-state index in [1.54, 1.807) is 30.7 Å². The Hall–Kier alpha value is -5.06. The maximum Gasteiger partial charge on any atom is 0.293 e. The molecule has 0 aliphatic carbocycles. The molecule has 44 heavy (non-hydrogen) atoms. The van der Waals surface area contributed by atoms with E-state index in [4.69, 9.17) is 5.73 Å². The van der Waals surface area contributed by atoms with Gasteiger partial charge in [-0.2, -0.15) is 0 Å². The average Bonchev–Trinajstić information content (AvgIpc) is 3.05. The van der Waals surface area contributed by atoms with Gasteiger partial charge in [0.2, 0.25) is 0 Å². The van der Waals surface area contributed by atoms with E-state index in [-0.39, 0.29) is 5.69 Å². The molecule has 0 amide bonds. The number of nitrogens with one attached hydrogen (secondary N) is 2. The van der Waals surface area contributed by atoms with E-state index < -0.39 is 4.92 Å². The quantitative estimate of drug-likeness (QED) is 0.0857. The fourth-order valence-corrected chi connectivity index (χ4v) is 5.07.